The van der Waals surface area contributed by atoms with Crippen LogP contribution in [-0.2, 0) is 9.71 Å². The third kappa shape index (κ3) is 6.75. The molecule has 7 nitrogen and oxygen atoms in total. The van der Waals surface area contributed by atoms with E-state index >= 15 is 0 Å². The van der Waals surface area contributed by atoms with Crippen molar-refractivity contribution in [1.29, 1.82) is 0 Å². The molecular weight excluding hydrogens is 546 g/mol. The minimum Gasteiger partial charge on any atom is -0.351 e. The molecule has 196 valence electrons. The van der Waals surface area contributed by atoms with Crippen molar-refractivity contribution in [3.8, 4) is 11.3 Å². The maximum atomic E-state index is 14.2. The standard InChI is InChI=1S/C19H15F8N5O2S2/c1-35(34,32-18(28)33)9-10-4-12(7-13(5-10)36(23,24,25,26)27)30-19-29-8-16(22)17(31-19)14-3-2-11(20)6-15(14)21/h2-9H,1H3,(H,29,30,31)(H3,28,32,33,34). The van der Waals surface area contributed by atoms with Gasteiger partial charge in [-0.05, 0) is 35.9 Å². The minimum absolute atomic E-state index is 0.00273. The van der Waals surface area contributed by atoms with Crippen LogP contribution in [0.1, 0.15) is 5.56 Å². The van der Waals surface area contributed by atoms with Crippen LogP contribution in [0.3, 0.4) is 0 Å². The Kier molecular flexibility index (Phi) is 6.17. The number of carbonyl (C=O) groups excluding carboxylic acids is 1. The first kappa shape index (κ1) is 27.0. The first-order chi connectivity index (χ1) is 16.2. The topological polar surface area (TPSA) is 110 Å². The zero-order valence-electron chi connectivity index (χ0n) is 17.7. The number of nitrogens with zero attached hydrogens (tertiary/aromatic N) is 2. The number of nitrogens with two attached hydrogens (primary N) is 1. The predicted molar refractivity (Wildman–Crippen MR) is 120 cm³/mol. The van der Waals surface area contributed by atoms with Gasteiger partial charge in [0.25, 0.3) is 0 Å². The lowest BCUT2D eigenvalue weighted by atomic mass is 10.1. The summed E-state index contributed by atoms with van der Waals surface area (Å²) in [6.45, 7) is 0. The van der Waals surface area contributed by atoms with Gasteiger partial charge in [-0.3, -0.25) is 4.72 Å². The summed E-state index contributed by atoms with van der Waals surface area (Å²) >= 11 is 0. The summed E-state index contributed by atoms with van der Waals surface area (Å²) in [7, 11) is -13.8. The van der Waals surface area contributed by atoms with Crippen molar-refractivity contribution in [1.82, 2.24) is 14.7 Å². The van der Waals surface area contributed by atoms with Crippen LogP contribution < -0.4 is 15.8 Å². The smallest absolute Gasteiger partial charge is 0.323 e. The van der Waals surface area contributed by atoms with Crippen molar-refractivity contribution < 1.29 is 41.6 Å². The fourth-order valence-corrected chi connectivity index (χ4v) is 4.72. The fraction of sp³-hybridized carbons (Fsp3) is 0.0526. The van der Waals surface area contributed by atoms with E-state index in [-0.39, 0.29) is 12.1 Å². The molecule has 0 fully saturated rings. The molecular formula is C19H15F8N5O2S2. The third-order valence-electron chi connectivity index (χ3n) is 4.23. The highest BCUT2D eigenvalue weighted by Gasteiger charge is 2.65. The number of hydrogen-bond acceptors (Lipinski definition) is 5. The molecule has 0 saturated carbocycles. The molecule has 0 aliphatic heterocycles. The van der Waals surface area contributed by atoms with Crippen molar-refractivity contribution >= 4 is 43.0 Å². The Morgan fingerprint density at radius 1 is 1.03 bits per heavy atom. The van der Waals surface area contributed by atoms with E-state index in [2.05, 4.69) is 15.3 Å². The quantitative estimate of drug-likeness (QED) is 0.268. The Balaban J connectivity index is 2.15. The second-order valence-electron chi connectivity index (χ2n) is 7.39. The molecule has 2 aromatic carbocycles. The lowest BCUT2D eigenvalue weighted by Crippen LogP contribution is -2.35. The Hall–Kier alpha value is -3.60. The van der Waals surface area contributed by atoms with E-state index in [9.17, 15) is 41.6 Å². The number of nitrogens with one attached hydrogen (secondary N) is 2. The van der Waals surface area contributed by atoms with E-state index in [0.29, 0.717) is 17.6 Å². The normalized spacial score (nSPS) is 15.2. The van der Waals surface area contributed by atoms with Gasteiger partial charge in [0.1, 0.15) is 22.2 Å². The highest BCUT2D eigenvalue weighted by atomic mass is 32.5. The van der Waals surface area contributed by atoms with Crippen molar-refractivity contribution in [3.63, 3.8) is 0 Å². The van der Waals surface area contributed by atoms with Gasteiger partial charge in [-0.1, -0.05) is 19.4 Å². The number of benzene rings is 2. The van der Waals surface area contributed by atoms with Crippen LogP contribution in [0.25, 0.3) is 11.3 Å². The maximum absolute atomic E-state index is 14.2. The van der Waals surface area contributed by atoms with Crippen molar-refractivity contribution in [3.05, 3.63) is 65.6 Å². The molecule has 4 N–H and O–H groups in total. The average Bonchev–Trinajstić information content (AvgIpc) is 2.66. The van der Waals surface area contributed by atoms with Gasteiger partial charge < -0.3 is 11.1 Å². The Morgan fingerprint density at radius 2 is 1.69 bits per heavy atom. The summed E-state index contributed by atoms with van der Waals surface area (Å²) in [4.78, 5) is 15.7. The van der Waals surface area contributed by atoms with Gasteiger partial charge in [0.05, 0.1) is 15.9 Å². The van der Waals surface area contributed by atoms with Crippen LogP contribution in [0.5, 0.6) is 0 Å². The first-order valence-corrected chi connectivity index (χ1v) is 13.3. The molecule has 1 heterocycles. The van der Waals surface area contributed by atoms with Crippen LogP contribution >= 0.6 is 10.2 Å². The van der Waals surface area contributed by atoms with E-state index in [0.717, 1.165) is 24.5 Å². The Morgan fingerprint density at radius 3 is 2.28 bits per heavy atom. The molecule has 0 aliphatic carbocycles. The van der Waals surface area contributed by atoms with Crippen molar-refractivity contribution in [2.24, 2.45) is 5.73 Å². The van der Waals surface area contributed by atoms with Gasteiger partial charge in [-0.15, -0.1) is 0 Å². The number of primary amides is 1. The van der Waals surface area contributed by atoms with Gasteiger partial charge in [-0.25, -0.2) is 32.1 Å². The van der Waals surface area contributed by atoms with Gasteiger partial charge in [0, 0.05) is 28.9 Å². The molecule has 2 amide bonds. The van der Waals surface area contributed by atoms with E-state index in [1.165, 1.54) is 0 Å². The van der Waals surface area contributed by atoms with Crippen molar-refractivity contribution in [2.45, 2.75) is 4.90 Å². The van der Waals surface area contributed by atoms with Crippen molar-refractivity contribution in [2.75, 3.05) is 11.6 Å². The summed E-state index contributed by atoms with van der Waals surface area (Å²) in [5.41, 5.74) is 2.25. The van der Waals surface area contributed by atoms with Crippen LogP contribution in [0, 0.1) is 17.5 Å². The number of rotatable bonds is 6. The lowest BCUT2D eigenvalue weighted by molar-refractivity contribution is 0.254. The lowest BCUT2D eigenvalue weighted by Gasteiger charge is -2.40. The molecule has 0 radical (unpaired) electrons. The van der Waals surface area contributed by atoms with Crippen LogP contribution in [0.15, 0.2) is 47.5 Å². The highest BCUT2D eigenvalue weighted by molar-refractivity contribution is 8.45. The van der Waals surface area contributed by atoms with Gasteiger partial charge in [-0.2, -0.15) is 0 Å². The molecule has 1 aromatic heterocycles. The number of amides is 2. The number of anilines is 2. The van der Waals surface area contributed by atoms with Crippen LogP contribution in [-0.4, -0.2) is 31.8 Å². The molecule has 3 aromatic rings. The molecule has 1 unspecified atom stereocenters. The van der Waals surface area contributed by atoms with Crippen LogP contribution in [0.2, 0.25) is 0 Å². The average molecular weight is 561 g/mol. The second kappa shape index (κ2) is 8.22. The molecule has 36 heavy (non-hydrogen) atoms. The molecule has 3 rings (SSSR count). The summed E-state index contributed by atoms with van der Waals surface area (Å²) in [5.74, 6) is -4.01. The van der Waals surface area contributed by atoms with E-state index in [1.807, 2.05) is 0 Å². The number of urea groups is 1. The molecule has 17 heteroatoms. The molecule has 0 saturated heterocycles. The van der Waals surface area contributed by atoms with Gasteiger partial charge in [0.15, 0.2) is 5.82 Å². The molecule has 1 atom stereocenters. The Bertz CT molecular complexity index is 1510. The minimum atomic E-state index is -10.3. The molecule has 0 bridgehead atoms. The van der Waals surface area contributed by atoms with E-state index in [1.54, 1.807) is 4.72 Å². The fourth-order valence-electron chi connectivity index (χ4n) is 2.90. The summed E-state index contributed by atoms with van der Waals surface area (Å²) in [6, 6.07) is 1.63. The zero-order chi connectivity index (χ0) is 27.2. The van der Waals surface area contributed by atoms with E-state index < -0.39 is 76.8 Å². The van der Waals surface area contributed by atoms with E-state index in [4.69, 9.17) is 5.73 Å². The monoisotopic (exact) mass is 561 g/mol. The number of carbonyl (C=O) groups is 1. The first-order valence-electron chi connectivity index (χ1n) is 9.28. The second-order valence-corrected chi connectivity index (χ2v) is 12.0. The van der Waals surface area contributed by atoms with Crippen LogP contribution in [0.4, 0.5) is 49.0 Å². The summed E-state index contributed by atoms with van der Waals surface area (Å²) in [5, 5.41) is 2.73. The summed E-state index contributed by atoms with van der Waals surface area (Å²) < 4.78 is 123. The number of hydrogen-bond donors (Lipinski definition) is 3. The SMILES string of the molecule is CS(=O)(=Cc1cc(Nc2ncc(F)c(-c3ccc(F)cc3F)n2)cc(S(F)(F)(F)(F)F)c1)NC(N)=O. The van der Waals surface area contributed by atoms with Gasteiger partial charge in [0.2, 0.25) is 5.95 Å². The largest absolute Gasteiger partial charge is 0.351 e. The molecule has 0 aliphatic rings. The predicted octanol–water partition coefficient (Wildman–Crippen LogP) is 5.61. The van der Waals surface area contributed by atoms with Gasteiger partial charge >= 0.3 is 16.3 Å². The number of halogens is 8. The highest BCUT2D eigenvalue weighted by Crippen LogP contribution is 3.02. The molecule has 0 spiro atoms. The number of aromatic nitrogens is 2. The summed E-state index contributed by atoms with van der Waals surface area (Å²) in [6.07, 6.45) is 1.40. The third-order valence-corrected chi connectivity index (χ3v) is 6.68. The zero-order valence-corrected chi connectivity index (χ0v) is 19.4. The maximum Gasteiger partial charge on any atom is 0.323 e. The Labute approximate surface area is 198 Å².